The second-order valence-electron chi connectivity index (χ2n) is 6.11. The van der Waals surface area contributed by atoms with Crippen LogP contribution in [0.4, 0.5) is 0 Å². The van der Waals surface area contributed by atoms with Crippen molar-refractivity contribution in [3.8, 4) is 12.1 Å². The maximum absolute atomic E-state index is 9.31. The summed E-state index contributed by atoms with van der Waals surface area (Å²) in [6.07, 6.45) is 15.2. The summed E-state index contributed by atoms with van der Waals surface area (Å²) in [6, 6.07) is 4.46. The molecule has 0 fully saturated rings. The van der Waals surface area contributed by atoms with E-state index in [1.807, 2.05) is 0 Å². The van der Waals surface area contributed by atoms with E-state index in [4.69, 9.17) is 0 Å². The van der Waals surface area contributed by atoms with Crippen molar-refractivity contribution < 1.29 is 0 Å². The first-order valence-electron chi connectivity index (χ1n) is 9.60. The van der Waals surface area contributed by atoms with Crippen molar-refractivity contribution in [1.82, 2.24) is 0 Å². The number of allylic oxidation sites excluding steroid dienone is 2. The highest BCUT2D eigenvalue weighted by Gasteiger charge is 2.08. The number of hydrogen-bond donors (Lipinski definition) is 0. The monoisotopic (exact) mass is 366 g/mol. The first kappa shape index (κ1) is 23.4. The van der Waals surface area contributed by atoms with Crippen molar-refractivity contribution in [2.75, 3.05) is 11.5 Å². The Morgan fingerprint density at radius 1 is 0.583 bits per heavy atom. The van der Waals surface area contributed by atoms with E-state index in [9.17, 15) is 10.5 Å². The van der Waals surface area contributed by atoms with Gasteiger partial charge in [0.1, 0.15) is 21.9 Å². The molecule has 0 aromatic carbocycles. The van der Waals surface area contributed by atoms with Gasteiger partial charge in [0, 0.05) is 0 Å². The predicted octanol–water partition coefficient (Wildman–Crippen LogP) is 7.43. The zero-order valence-corrected chi connectivity index (χ0v) is 17.2. The molecule has 4 heteroatoms. The number of rotatable bonds is 16. The van der Waals surface area contributed by atoms with Crippen LogP contribution in [0.2, 0.25) is 0 Å². The van der Waals surface area contributed by atoms with Gasteiger partial charge in [-0.2, -0.15) is 10.5 Å². The molecule has 0 aromatic rings. The normalized spacial score (nSPS) is 11.7. The van der Waals surface area contributed by atoms with Gasteiger partial charge in [0.25, 0.3) is 0 Å². The molecule has 0 heterocycles. The summed E-state index contributed by atoms with van der Waals surface area (Å²) in [4.78, 5) is 1.25. The molecule has 0 spiro atoms. The molecular weight excluding hydrogens is 332 g/mol. The molecule has 0 saturated carbocycles. The average molecular weight is 367 g/mol. The minimum Gasteiger partial charge on any atom is -0.192 e. The van der Waals surface area contributed by atoms with Crippen LogP contribution in [0.15, 0.2) is 9.81 Å². The lowest BCUT2D eigenvalue weighted by molar-refractivity contribution is 0.627. The van der Waals surface area contributed by atoms with Gasteiger partial charge in [0.2, 0.25) is 0 Å². The Morgan fingerprint density at radius 3 is 1.25 bits per heavy atom. The minimum absolute atomic E-state index is 0.627. The van der Waals surface area contributed by atoms with E-state index >= 15 is 0 Å². The first-order valence-corrected chi connectivity index (χ1v) is 11.6. The molecule has 0 atom stereocenters. The molecule has 0 N–H and O–H groups in total. The fourth-order valence-corrected chi connectivity index (χ4v) is 4.35. The first-order chi connectivity index (χ1) is 11.8. The van der Waals surface area contributed by atoms with Gasteiger partial charge in [0.05, 0.1) is 0 Å². The summed E-state index contributed by atoms with van der Waals surface area (Å²) in [5.74, 6) is 1.91. The third kappa shape index (κ3) is 13.8. The molecule has 0 bridgehead atoms. The lowest BCUT2D eigenvalue weighted by Gasteiger charge is -2.04. The van der Waals surface area contributed by atoms with Crippen LogP contribution in [0.5, 0.6) is 0 Å². The number of hydrogen-bond acceptors (Lipinski definition) is 4. The summed E-state index contributed by atoms with van der Waals surface area (Å²) in [5.41, 5.74) is 0. The van der Waals surface area contributed by atoms with Crippen molar-refractivity contribution in [2.24, 2.45) is 0 Å². The van der Waals surface area contributed by atoms with Gasteiger partial charge in [-0.05, 0) is 24.3 Å². The van der Waals surface area contributed by atoms with E-state index in [2.05, 4.69) is 26.0 Å². The molecule has 136 valence electrons. The molecule has 0 aliphatic rings. The maximum atomic E-state index is 9.31. The van der Waals surface area contributed by atoms with Crippen molar-refractivity contribution in [2.45, 2.75) is 90.9 Å². The Kier molecular flexibility index (Phi) is 18.3. The second-order valence-corrected chi connectivity index (χ2v) is 8.32. The fraction of sp³-hybridized carbons (Fsp3) is 0.800. The zero-order valence-electron chi connectivity index (χ0n) is 15.6. The van der Waals surface area contributed by atoms with E-state index < -0.39 is 0 Å². The Balaban J connectivity index is 3.94. The number of thioether (sulfide) groups is 2. The van der Waals surface area contributed by atoms with Crippen molar-refractivity contribution >= 4 is 23.5 Å². The van der Waals surface area contributed by atoms with Crippen molar-refractivity contribution in [3.63, 3.8) is 0 Å². The van der Waals surface area contributed by atoms with Gasteiger partial charge in [-0.15, -0.1) is 23.5 Å². The summed E-state index contributed by atoms with van der Waals surface area (Å²) in [6.45, 7) is 4.46. The minimum atomic E-state index is 0.627. The van der Waals surface area contributed by atoms with Gasteiger partial charge < -0.3 is 0 Å². The van der Waals surface area contributed by atoms with Crippen LogP contribution in [0.1, 0.15) is 90.9 Å². The topological polar surface area (TPSA) is 47.6 Å². The SMILES string of the molecule is CCCCCCCCS/C(C#N)=C(/C#N)SCCCCCCCC. The molecule has 0 aromatic heterocycles. The van der Waals surface area contributed by atoms with E-state index in [0.29, 0.717) is 9.81 Å². The summed E-state index contributed by atoms with van der Waals surface area (Å²) < 4.78 is 0. The Hall–Kier alpha value is -0.580. The molecular formula is C20H34N2S2. The summed E-state index contributed by atoms with van der Waals surface area (Å²) >= 11 is 3.14. The van der Waals surface area contributed by atoms with Crippen LogP contribution in [0, 0.1) is 22.7 Å². The molecule has 0 rings (SSSR count). The Morgan fingerprint density at radius 2 is 0.917 bits per heavy atom. The van der Waals surface area contributed by atoms with Gasteiger partial charge in [-0.1, -0.05) is 78.1 Å². The third-order valence-electron chi connectivity index (χ3n) is 3.90. The van der Waals surface area contributed by atoms with Crippen LogP contribution in [-0.2, 0) is 0 Å². The zero-order chi connectivity index (χ0) is 17.9. The van der Waals surface area contributed by atoms with Gasteiger partial charge in [0.15, 0.2) is 0 Å². The van der Waals surface area contributed by atoms with Gasteiger partial charge in [-0.25, -0.2) is 0 Å². The van der Waals surface area contributed by atoms with Crippen LogP contribution < -0.4 is 0 Å². The lowest BCUT2D eigenvalue weighted by Crippen LogP contribution is -1.88. The second kappa shape index (κ2) is 18.8. The molecule has 0 unspecified atom stereocenters. The molecule has 0 radical (unpaired) electrons. The van der Waals surface area contributed by atoms with Crippen LogP contribution >= 0.6 is 23.5 Å². The number of nitrogens with zero attached hydrogens (tertiary/aromatic N) is 2. The largest absolute Gasteiger partial charge is 0.192 e. The molecule has 24 heavy (non-hydrogen) atoms. The smallest absolute Gasteiger partial charge is 0.109 e. The molecule has 0 saturated heterocycles. The van der Waals surface area contributed by atoms with E-state index in [1.165, 1.54) is 64.2 Å². The molecule has 0 aliphatic heterocycles. The van der Waals surface area contributed by atoms with Gasteiger partial charge in [-0.3, -0.25) is 0 Å². The standard InChI is InChI=1S/C20H34N2S2/c1-3-5-7-9-11-13-15-23-19(17-21)20(18-22)24-16-14-12-10-8-6-4-2/h3-16H2,1-2H3/b20-19-. The highest BCUT2D eigenvalue weighted by atomic mass is 32.2. The molecule has 0 amide bonds. The molecule has 2 nitrogen and oxygen atoms in total. The highest BCUT2D eigenvalue weighted by Crippen LogP contribution is 2.28. The average Bonchev–Trinajstić information content (AvgIpc) is 2.61. The van der Waals surface area contributed by atoms with Gasteiger partial charge >= 0.3 is 0 Å². The predicted molar refractivity (Wildman–Crippen MR) is 110 cm³/mol. The number of unbranched alkanes of at least 4 members (excludes halogenated alkanes) is 10. The third-order valence-corrected chi connectivity index (χ3v) is 6.18. The van der Waals surface area contributed by atoms with Crippen LogP contribution in [-0.4, -0.2) is 11.5 Å². The summed E-state index contributed by atoms with van der Waals surface area (Å²) in [7, 11) is 0. The number of nitriles is 2. The van der Waals surface area contributed by atoms with Crippen molar-refractivity contribution in [1.29, 1.82) is 10.5 Å². The van der Waals surface area contributed by atoms with Crippen molar-refractivity contribution in [3.05, 3.63) is 9.81 Å². The maximum Gasteiger partial charge on any atom is 0.109 e. The van der Waals surface area contributed by atoms with Crippen LogP contribution in [0.3, 0.4) is 0 Å². The quantitative estimate of drug-likeness (QED) is 0.210. The van der Waals surface area contributed by atoms with E-state index in [0.717, 1.165) is 24.3 Å². The Bertz CT molecular complexity index is 367. The highest BCUT2D eigenvalue weighted by molar-refractivity contribution is 8.07. The summed E-state index contributed by atoms with van der Waals surface area (Å²) in [5, 5.41) is 18.6. The Labute approximate surface area is 158 Å². The van der Waals surface area contributed by atoms with Crippen LogP contribution in [0.25, 0.3) is 0 Å². The fourth-order valence-electron chi connectivity index (χ4n) is 2.41. The molecule has 0 aliphatic carbocycles. The lowest BCUT2D eigenvalue weighted by atomic mass is 10.1. The van der Waals surface area contributed by atoms with E-state index in [1.54, 1.807) is 23.5 Å². The van der Waals surface area contributed by atoms with E-state index in [-0.39, 0.29) is 0 Å².